The van der Waals surface area contributed by atoms with Crippen LogP contribution in [0.5, 0.6) is 0 Å². The average molecular weight is 249 g/mol. The smallest absolute Gasteiger partial charge is 0.175 e. The van der Waals surface area contributed by atoms with Crippen LogP contribution in [0.3, 0.4) is 0 Å². The molecule has 1 heterocycles. The van der Waals surface area contributed by atoms with Gasteiger partial charge in [0.15, 0.2) is 8.68 Å². The summed E-state index contributed by atoms with van der Waals surface area (Å²) < 4.78 is 2.10. The summed E-state index contributed by atoms with van der Waals surface area (Å²) in [4.78, 5) is 0. The van der Waals surface area contributed by atoms with Gasteiger partial charge >= 0.3 is 0 Å². The first kappa shape index (κ1) is 12.3. The van der Waals surface area contributed by atoms with Gasteiger partial charge in [0.05, 0.1) is 0 Å². The first-order valence-electron chi connectivity index (χ1n) is 4.38. The van der Waals surface area contributed by atoms with Crippen LogP contribution in [0.25, 0.3) is 0 Å². The average Bonchev–Trinajstić information content (AvgIpc) is 2.64. The molecule has 3 nitrogen and oxygen atoms in total. The second kappa shape index (κ2) is 5.95. The lowest BCUT2D eigenvalue weighted by atomic mass is 10.3. The van der Waals surface area contributed by atoms with Crippen molar-refractivity contribution in [3.8, 4) is 0 Å². The number of nitrogens with one attached hydrogen (secondary N) is 1. The molecule has 0 radical (unpaired) electrons. The molecule has 1 N–H and O–H groups in total. The molecule has 2 unspecified atom stereocenters. The van der Waals surface area contributed by atoms with Crippen molar-refractivity contribution < 1.29 is 0 Å². The molecule has 1 aromatic heterocycles. The minimum Gasteiger partial charge on any atom is -0.316 e. The molecule has 0 saturated carbocycles. The molecule has 0 spiro atoms. The normalized spacial score (nSPS) is 15.4. The van der Waals surface area contributed by atoms with E-state index in [4.69, 9.17) is 0 Å². The van der Waals surface area contributed by atoms with Crippen LogP contribution >= 0.6 is 34.9 Å². The number of hydrogen-bond acceptors (Lipinski definition) is 6. The van der Waals surface area contributed by atoms with E-state index in [-0.39, 0.29) is 0 Å². The van der Waals surface area contributed by atoms with Gasteiger partial charge in [-0.2, -0.15) is 0 Å². The zero-order chi connectivity index (χ0) is 10.6. The van der Waals surface area contributed by atoms with Gasteiger partial charge in [-0.15, -0.1) is 10.2 Å². The van der Waals surface area contributed by atoms with Crippen molar-refractivity contribution in [2.45, 2.75) is 33.8 Å². The van der Waals surface area contributed by atoms with E-state index in [1.54, 1.807) is 34.9 Å². The molecule has 0 aromatic carbocycles. The summed E-state index contributed by atoms with van der Waals surface area (Å²) in [6.45, 7) is 4.38. The molecule has 0 aliphatic heterocycles. The van der Waals surface area contributed by atoms with E-state index < -0.39 is 0 Å². The lowest BCUT2D eigenvalue weighted by Gasteiger charge is -2.16. The molecule has 0 aliphatic carbocycles. The van der Waals surface area contributed by atoms with Crippen LogP contribution < -0.4 is 5.32 Å². The van der Waals surface area contributed by atoms with E-state index in [0.29, 0.717) is 11.3 Å². The number of hydrogen-bond donors (Lipinski definition) is 1. The number of thioether (sulfide) groups is 2. The summed E-state index contributed by atoms with van der Waals surface area (Å²) in [6, 6.07) is 0.488. The third-order valence-corrected chi connectivity index (χ3v) is 5.30. The van der Waals surface area contributed by atoms with Crippen LogP contribution in [0.1, 0.15) is 13.8 Å². The molecule has 1 aromatic rings. The number of nitrogens with zero attached hydrogens (tertiary/aromatic N) is 2. The summed E-state index contributed by atoms with van der Waals surface area (Å²) in [5.74, 6) is 0. The van der Waals surface area contributed by atoms with Crippen molar-refractivity contribution in [3.05, 3.63) is 0 Å². The summed E-state index contributed by atoms with van der Waals surface area (Å²) in [5, 5.41) is 11.9. The summed E-state index contributed by atoms with van der Waals surface area (Å²) >= 11 is 5.09. The Morgan fingerprint density at radius 1 is 1.29 bits per heavy atom. The molecule has 0 saturated heterocycles. The highest BCUT2D eigenvalue weighted by atomic mass is 32.2. The van der Waals surface area contributed by atoms with Crippen molar-refractivity contribution in [1.29, 1.82) is 0 Å². The van der Waals surface area contributed by atoms with Gasteiger partial charge in [0.1, 0.15) is 0 Å². The third-order valence-electron chi connectivity index (χ3n) is 2.01. The van der Waals surface area contributed by atoms with Gasteiger partial charge in [-0.05, 0) is 20.2 Å². The molecule has 2 atom stereocenters. The van der Waals surface area contributed by atoms with Gasteiger partial charge in [0, 0.05) is 11.3 Å². The van der Waals surface area contributed by atoms with Gasteiger partial charge in [-0.1, -0.05) is 41.8 Å². The lowest BCUT2D eigenvalue weighted by molar-refractivity contribution is 0.605. The minimum atomic E-state index is 0.488. The molecule has 1 rings (SSSR count). The quantitative estimate of drug-likeness (QED) is 0.811. The zero-order valence-electron chi connectivity index (χ0n) is 8.77. The van der Waals surface area contributed by atoms with E-state index in [2.05, 4.69) is 29.4 Å². The maximum atomic E-state index is 4.13. The first-order valence-corrected chi connectivity index (χ1v) is 7.31. The van der Waals surface area contributed by atoms with Gasteiger partial charge in [0.2, 0.25) is 0 Å². The monoisotopic (exact) mass is 249 g/mol. The highest BCUT2D eigenvalue weighted by molar-refractivity contribution is 8.03. The molecule has 80 valence electrons. The van der Waals surface area contributed by atoms with Crippen LogP contribution in [0, 0.1) is 0 Å². The van der Waals surface area contributed by atoms with E-state index >= 15 is 0 Å². The van der Waals surface area contributed by atoms with Crippen molar-refractivity contribution >= 4 is 34.9 Å². The lowest BCUT2D eigenvalue weighted by Crippen LogP contribution is -2.30. The second-order valence-electron chi connectivity index (χ2n) is 2.94. The number of aromatic nitrogens is 2. The maximum Gasteiger partial charge on any atom is 0.175 e. The van der Waals surface area contributed by atoms with Crippen LogP contribution in [0.15, 0.2) is 8.68 Å². The van der Waals surface area contributed by atoms with Crippen molar-refractivity contribution in [1.82, 2.24) is 15.5 Å². The third kappa shape index (κ3) is 3.42. The topological polar surface area (TPSA) is 37.8 Å². The van der Waals surface area contributed by atoms with E-state index in [0.717, 1.165) is 8.68 Å². The largest absolute Gasteiger partial charge is 0.316 e. The van der Waals surface area contributed by atoms with Gasteiger partial charge in [-0.25, -0.2) is 0 Å². The zero-order valence-corrected chi connectivity index (χ0v) is 11.2. The first-order chi connectivity index (χ1) is 6.67. The number of rotatable bonds is 5. The molecular formula is C8H15N3S3. The molecular weight excluding hydrogens is 234 g/mol. The SMILES string of the molecule is CNC(C)C(C)Sc1nnc(SC)s1. The standard InChI is InChI=1S/C8H15N3S3/c1-5(9-3)6(2)13-8-11-10-7(12-4)14-8/h5-6,9H,1-4H3. The molecule has 0 bridgehead atoms. The van der Waals surface area contributed by atoms with Gasteiger partial charge < -0.3 is 5.32 Å². The fourth-order valence-electron chi connectivity index (χ4n) is 0.823. The Balaban J connectivity index is 2.51. The Hall–Kier alpha value is 0.220. The Morgan fingerprint density at radius 2 is 1.93 bits per heavy atom. The molecule has 0 amide bonds. The summed E-state index contributed by atoms with van der Waals surface area (Å²) in [7, 11) is 1.98. The fraction of sp³-hybridized carbons (Fsp3) is 0.750. The Kier molecular flexibility index (Phi) is 5.22. The summed E-state index contributed by atoms with van der Waals surface area (Å²) in [6.07, 6.45) is 2.02. The van der Waals surface area contributed by atoms with Gasteiger partial charge in [-0.3, -0.25) is 0 Å². The maximum absolute atomic E-state index is 4.13. The highest BCUT2D eigenvalue weighted by Crippen LogP contribution is 2.30. The van der Waals surface area contributed by atoms with Crippen LogP contribution in [-0.4, -0.2) is 34.8 Å². The predicted octanol–water partition coefficient (Wildman–Crippen LogP) is 2.35. The van der Waals surface area contributed by atoms with E-state index in [9.17, 15) is 0 Å². The Labute approximate surface area is 97.5 Å². The van der Waals surface area contributed by atoms with Crippen molar-refractivity contribution in [2.75, 3.05) is 13.3 Å². The summed E-state index contributed by atoms with van der Waals surface area (Å²) in [5.41, 5.74) is 0. The predicted molar refractivity (Wildman–Crippen MR) is 65.5 cm³/mol. The molecule has 0 aliphatic rings. The Bertz CT molecular complexity index is 277. The van der Waals surface area contributed by atoms with Gasteiger partial charge in [0.25, 0.3) is 0 Å². The van der Waals surface area contributed by atoms with Crippen molar-refractivity contribution in [3.63, 3.8) is 0 Å². The van der Waals surface area contributed by atoms with Crippen LogP contribution in [0.4, 0.5) is 0 Å². The fourth-order valence-corrected chi connectivity index (χ4v) is 3.62. The molecule has 6 heteroatoms. The highest BCUT2D eigenvalue weighted by Gasteiger charge is 2.14. The van der Waals surface area contributed by atoms with Crippen LogP contribution in [0.2, 0.25) is 0 Å². The molecule has 14 heavy (non-hydrogen) atoms. The Morgan fingerprint density at radius 3 is 2.43 bits per heavy atom. The van der Waals surface area contributed by atoms with E-state index in [1.165, 1.54) is 0 Å². The second-order valence-corrected chi connectivity index (χ2v) is 6.59. The van der Waals surface area contributed by atoms with Crippen molar-refractivity contribution in [2.24, 2.45) is 0 Å². The van der Waals surface area contributed by atoms with Crippen LogP contribution in [-0.2, 0) is 0 Å². The minimum absolute atomic E-state index is 0.488. The molecule has 0 fully saturated rings. The van der Waals surface area contributed by atoms with E-state index in [1.807, 2.05) is 13.3 Å².